The molecule has 4 rings (SSSR count). The van der Waals surface area contributed by atoms with Crippen molar-refractivity contribution < 1.29 is 14.0 Å². The smallest absolute Gasteiger partial charge is 0.274 e. The summed E-state index contributed by atoms with van der Waals surface area (Å²) in [6.07, 6.45) is 3.80. The molecular weight excluding hydrogens is 334 g/mol. The molecule has 0 aromatic carbocycles. The number of hydrogen-bond donors (Lipinski definition) is 1. The van der Waals surface area contributed by atoms with Crippen LogP contribution in [0.25, 0.3) is 11.5 Å². The third-order valence-corrected chi connectivity index (χ3v) is 5.06. The van der Waals surface area contributed by atoms with Crippen LogP contribution in [-0.2, 0) is 4.79 Å². The van der Waals surface area contributed by atoms with Crippen molar-refractivity contribution >= 4 is 11.8 Å². The summed E-state index contributed by atoms with van der Waals surface area (Å²) in [7, 11) is 0. The van der Waals surface area contributed by atoms with Gasteiger partial charge < -0.3 is 14.2 Å². The summed E-state index contributed by atoms with van der Waals surface area (Å²) >= 11 is 0. The molecule has 4 heterocycles. The van der Waals surface area contributed by atoms with Gasteiger partial charge in [-0.3, -0.25) is 19.6 Å². The SMILES string of the molecule is O=C(CN1CCN(C(=O)c2cc(-c3ccco3)[nH]n2)CC1)N1CCCC1. The highest BCUT2D eigenvalue weighted by Crippen LogP contribution is 2.19. The van der Waals surface area contributed by atoms with Gasteiger partial charge in [-0.1, -0.05) is 0 Å². The van der Waals surface area contributed by atoms with Crippen LogP contribution in [0.5, 0.6) is 0 Å². The van der Waals surface area contributed by atoms with Crippen LogP contribution in [0.2, 0.25) is 0 Å². The third-order valence-electron chi connectivity index (χ3n) is 5.06. The maximum absolute atomic E-state index is 12.6. The Morgan fingerprint density at radius 3 is 2.54 bits per heavy atom. The number of amides is 2. The van der Waals surface area contributed by atoms with Crippen molar-refractivity contribution in [3.63, 3.8) is 0 Å². The number of H-pyrrole nitrogens is 1. The van der Waals surface area contributed by atoms with Gasteiger partial charge in [0.2, 0.25) is 5.91 Å². The van der Waals surface area contributed by atoms with Crippen molar-refractivity contribution in [2.75, 3.05) is 45.8 Å². The minimum absolute atomic E-state index is 0.0930. The van der Waals surface area contributed by atoms with E-state index in [0.717, 1.165) is 25.9 Å². The summed E-state index contributed by atoms with van der Waals surface area (Å²) in [6.45, 7) is 4.85. The largest absolute Gasteiger partial charge is 0.463 e. The van der Waals surface area contributed by atoms with Gasteiger partial charge in [-0.2, -0.15) is 5.10 Å². The number of carbonyl (C=O) groups is 2. The van der Waals surface area contributed by atoms with Gasteiger partial charge in [0, 0.05) is 45.3 Å². The molecule has 8 nitrogen and oxygen atoms in total. The molecule has 0 aliphatic carbocycles. The lowest BCUT2D eigenvalue weighted by molar-refractivity contribution is -0.131. The van der Waals surface area contributed by atoms with E-state index in [4.69, 9.17) is 4.42 Å². The molecule has 0 saturated carbocycles. The maximum Gasteiger partial charge on any atom is 0.274 e. The first-order valence-corrected chi connectivity index (χ1v) is 9.09. The highest BCUT2D eigenvalue weighted by Gasteiger charge is 2.27. The van der Waals surface area contributed by atoms with E-state index >= 15 is 0 Å². The molecule has 2 aliphatic rings. The Balaban J connectivity index is 1.30. The van der Waals surface area contributed by atoms with Crippen LogP contribution in [0.1, 0.15) is 23.3 Å². The van der Waals surface area contributed by atoms with E-state index in [1.807, 2.05) is 11.0 Å². The van der Waals surface area contributed by atoms with Gasteiger partial charge >= 0.3 is 0 Å². The fraction of sp³-hybridized carbons (Fsp3) is 0.500. The summed E-state index contributed by atoms with van der Waals surface area (Å²) < 4.78 is 5.31. The molecule has 2 aromatic heterocycles. The summed E-state index contributed by atoms with van der Waals surface area (Å²) in [4.78, 5) is 30.7. The number of nitrogens with zero attached hydrogens (tertiary/aromatic N) is 4. The number of aromatic nitrogens is 2. The van der Waals surface area contributed by atoms with E-state index in [1.54, 1.807) is 23.3 Å². The Kier molecular flexibility index (Phi) is 4.75. The molecule has 1 N–H and O–H groups in total. The zero-order chi connectivity index (χ0) is 17.9. The molecule has 2 saturated heterocycles. The zero-order valence-corrected chi connectivity index (χ0v) is 14.7. The fourth-order valence-electron chi connectivity index (χ4n) is 3.52. The Bertz CT molecular complexity index is 756. The minimum atomic E-state index is -0.0930. The van der Waals surface area contributed by atoms with Crippen LogP contribution in [0, 0.1) is 0 Å². The van der Waals surface area contributed by atoms with E-state index in [1.165, 1.54) is 0 Å². The summed E-state index contributed by atoms with van der Waals surface area (Å²) in [5.74, 6) is 0.768. The van der Waals surface area contributed by atoms with Crippen molar-refractivity contribution in [1.29, 1.82) is 0 Å². The number of piperazine rings is 1. The Labute approximate surface area is 151 Å². The van der Waals surface area contributed by atoms with Crippen LogP contribution in [-0.4, -0.2) is 82.5 Å². The lowest BCUT2D eigenvalue weighted by Gasteiger charge is -2.34. The molecule has 26 heavy (non-hydrogen) atoms. The summed E-state index contributed by atoms with van der Waals surface area (Å²) in [5.41, 5.74) is 1.08. The molecule has 0 spiro atoms. The number of carbonyl (C=O) groups excluding carboxylic acids is 2. The van der Waals surface area contributed by atoms with Crippen molar-refractivity contribution in [2.24, 2.45) is 0 Å². The average molecular weight is 357 g/mol. The second-order valence-corrected chi connectivity index (χ2v) is 6.80. The summed E-state index contributed by atoms with van der Waals surface area (Å²) in [5, 5.41) is 6.96. The monoisotopic (exact) mass is 357 g/mol. The van der Waals surface area contributed by atoms with Crippen molar-refractivity contribution in [1.82, 2.24) is 24.9 Å². The Morgan fingerprint density at radius 2 is 1.85 bits per heavy atom. The Hall–Kier alpha value is -2.61. The van der Waals surface area contributed by atoms with Gasteiger partial charge in [0.25, 0.3) is 5.91 Å². The molecule has 0 bridgehead atoms. The van der Waals surface area contributed by atoms with Crippen molar-refractivity contribution in [2.45, 2.75) is 12.8 Å². The minimum Gasteiger partial charge on any atom is -0.463 e. The number of rotatable bonds is 4. The second kappa shape index (κ2) is 7.33. The standard InChI is InChI=1S/C18H23N5O3/c24-17(22-5-1-2-6-22)13-21-7-9-23(10-8-21)18(25)15-12-14(19-20-15)16-4-3-11-26-16/h3-4,11-12H,1-2,5-10,13H2,(H,19,20). The van der Waals surface area contributed by atoms with Crippen LogP contribution in [0.4, 0.5) is 0 Å². The van der Waals surface area contributed by atoms with Gasteiger partial charge in [-0.05, 0) is 25.0 Å². The molecule has 0 atom stereocenters. The molecular formula is C18H23N5O3. The number of likely N-dealkylation sites (tertiary alicyclic amines) is 1. The quantitative estimate of drug-likeness (QED) is 0.884. The second-order valence-electron chi connectivity index (χ2n) is 6.80. The number of hydrogen-bond acceptors (Lipinski definition) is 5. The van der Waals surface area contributed by atoms with Crippen molar-refractivity contribution in [3.8, 4) is 11.5 Å². The van der Waals surface area contributed by atoms with E-state index in [0.29, 0.717) is 49.9 Å². The van der Waals surface area contributed by atoms with Gasteiger partial charge in [0.1, 0.15) is 5.69 Å². The average Bonchev–Trinajstić information content (AvgIpc) is 3.43. The van der Waals surface area contributed by atoms with E-state index in [-0.39, 0.29) is 11.8 Å². The molecule has 138 valence electrons. The van der Waals surface area contributed by atoms with Gasteiger partial charge in [0.15, 0.2) is 11.5 Å². The van der Waals surface area contributed by atoms with Crippen LogP contribution in [0.15, 0.2) is 28.9 Å². The topological polar surface area (TPSA) is 85.7 Å². The zero-order valence-electron chi connectivity index (χ0n) is 14.7. The number of aromatic amines is 1. The third kappa shape index (κ3) is 3.50. The van der Waals surface area contributed by atoms with Crippen LogP contribution in [0.3, 0.4) is 0 Å². The van der Waals surface area contributed by atoms with Gasteiger partial charge in [-0.15, -0.1) is 0 Å². The first-order chi connectivity index (χ1) is 12.7. The Morgan fingerprint density at radius 1 is 1.08 bits per heavy atom. The predicted octanol–water partition coefficient (Wildman–Crippen LogP) is 1.05. The fourth-order valence-corrected chi connectivity index (χ4v) is 3.52. The van der Waals surface area contributed by atoms with Crippen LogP contribution >= 0.6 is 0 Å². The predicted molar refractivity (Wildman–Crippen MR) is 94.4 cm³/mol. The van der Waals surface area contributed by atoms with Crippen molar-refractivity contribution in [3.05, 3.63) is 30.2 Å². The molecule has 8 heteroatoms. The highest BCUT2D eigenvalue weighted by atomic mass is 16.3. The maximum atomic E-state index is 12.6. The molecule has 0 radical (unpaired) electrons. The van der Waals surface area contributed by atoms with Crippen LogP contribution < -0.4 is 0 Å². The molecule has 2 fully saturated rings. The first-order valence-electron chi connectivity index (χ1n) is 9.09. The van der Waals surface area contributed by atoms with E-state index < -0.39 is 0 Å². The lowest BCUT2D eigenvalue weighted by Crippen LogP contribution is -2.51. The molecule has 0 unspecified atom stereocenters. The molecule has 2 aromatic rings. The molecule has 2 amide bonds. The summed E-state index contributed by atoms with van der Waals surface area (Å²) in [6, 6.07) is 5.32. The highest BCUT2D eigenvalue weighted by molar-refractivity contribution is 5.93. The number of nitrogens with one attached hydrogen (secondary N) is 1. The van der Waals surface area contributed by atoms with E-state index in [9.17, 15) is 9.59 Å². The normalized spacial score (nSPS) is 18.5. The lowest BCUT2D eigenvalue weighted by atomic mass is 10.2. The first kappa shape index (κ1) is 16.8. The molecule has 2 aliphatic heterocycles. The number of furan rings is 1. The van der Waals surface area contributed by atoms with Gasteiger partial charge in [-0.25, -0.2) is 0 Å². The van der Waals surface area contributed by atoms with Gasteiger partial charge in [0.05, 0.1) is 12.8 Å². The van der Waals surface area contributed by atoms with E-state index in [2.05, 4.69) is 15.1 Å².